The van der Waals surface area contributed by atoms with Gasteiger partial charge >= 0.3 is 5.97 Å². The Balaban J connectivity index is 1.53. The van der Waals surface area contributed by atoms with E-state index in [2.05, 4.69) is 20.9 Å². The number of hydrogen-bond acceptors (Lipinski definition) is 6. The van der Waals surface area contributed by atoms with E-state index in [1.54, 1.807) is 18.4 Å². The topological polar surface area (TPSA) is 69.9 Å². The van der Waals surface area contributed by atoms with Gasteiger partial charge in [-0.05, 0) is 64.7 Å². The largest absolute Gasteiger partial charge is 0.488 e. The Morgan fingerprint density at radius 2 is 1.79 bits per heavy atom. The van der Waals surface area contributed by atoms with E-state index in [1.165, 1.54) is 11.3 Å². The Bertz CT molecular complexity index is 1690. The molecule has 3 aromatic carbocycles. The van der Waals surface area contributed by atoms with Crippen molar-refractivity contribution in [1.29, 1.82) is 0 Å². The van der Waals surface area contributed by atoms with Crippen LogP contribution in [0.15, 0.2) is 104 Å². The lowest BCUT2D eigenvalue weighted by Gasteiger charge is -2.24. The predicted molar refractivity (Wildman–Crippen MR) is 152 cm³/mol. The summed E-state index contributed by atoms with van der Waals surface area (Å²) in [4.78, 5) is 31.8. The average molecular weight is 590 g/mol. The van der Waals surface area contributed by atoms with Crippen LogP contribution in [0.1, 0.15) is 36.6 Å². The number of fused-ring (bicyclic) bond motifs is 1. The molecular formula is C30H25BrN2O4S. The average Bonchev–Trinajstić information content (AvgIpc) is 3.22. The maximum Gasteiger partial charge on any atom is 0.338 e. The van der Waals surface area contributed by atoms with Crippen LogP contribution in [0.3, 0.4) is 0 Å². The molecule has 0 saturated carbocycles. The van der Waals surface area contributed by atoms with E-state index in [0.29, 0.717) is 33.0 Å². The number of halogens is 1. The van der Waals surface area contributed by atoms with E-state index in [9.17, 15) is 9.59 Å². The van der Waals surface area contributed by atoms with Crippen LogP contribution in [-0.4, -0.2) is 17.1 Å². The van der Waals surface area contributed by atoms with Crippen molar-refractivity contribution in [3.8, 4) is 5.75 Å². The summed E-state index contributed by atoms with van der Waals surface area (Å²) < 4.78 is 14.2. The number of benzene rings is 3. The number of rotatable bonds is 7. The monoisotopic (exact) mass is 588 g/mol. The van der Waals surface area contributed by atoms with Crippen LogP contribution in [0.5, 0.6) is 5.75 Å². The molecule has 4 aromatic rings. The fraction of sp³-hybridized carbons (Fsp3) is 0.167. The van der Waals surface area contributed by atoms with Gasteiger partial charge in [-0.25, -0.2) is 9.79 Å². The van der Waals surface area contributed by atoms with Crippen molar-refractivity contribution >= 4 is 39.3 Å². The van der Waals surface area contributed by atoms with Crippen molar-refractivity contribution in [2.75, 3.05) is 6.61 Å². The molecule has 0 fully saturated rings. The number of ether oxygens (including phenoxy) is 2. The molecule has 192 valence electrons. The molecule has 0 saturated heterocycles. The molecule has 8 heteroatoms. The third-order valence-electron chi connectivity index (χ3n) is 6.12. The fourth-order valence-corrected chi connectivity index (χ4v) is 5.91. The summed E-state index contributed by atoms with van der Waals surface area (Å²) in [6.45, 7) is 4.24. The van der Waals surface area contributed by atoms with Gasteiger partial charge in [-0.3, -0.25) is 9.36 Å². The third kappa shape index (κ3) is 5.28. The van der Waals surface area contributed by atoms with Crippen molar-refractivity contribution in [3.63, 3.8) is 0 Å². The number of thiazole rings is 1. The number of hydrogen-bond donors (Lipinski definition) is 0. The summed E-state index contributed by atoms with van der Waals surface area (Å²) in [6, 6.07) is 24.5. The summed E-state index contributed by atoms with van der Waals surface area (Å²) in [7, 11) is 0. The van der Waals surface area contributed by atoms with Crippen LogP contribution in [0.25, 0.3) is 6.08 Å². The second-order valence-corrected chi connectivity index (χ2v) is 10.5. The first kappa shape index (κ1) is 25.9. The molecule has 0 spiro atoms. The normalized spacial score (nSPS) is 15.1. The van der Waals surface area contributed by atoms with E-state index >= 15 is 0 Å². The highest BCUT2D eigenvalue weighted by molar-refractivity contribution is 9.10. The Labute approximate surface area is 232 Å². The van der Waals surface area contributed by atoms with Gasteiger partial charge in [0.05, 0.1) is 32.9 Å². The number of esters is 1. The molecule has 0 aliphatic carbocycles. The Kier molecular flexibility index (Phi) is 7.72. The van der Waals surface area contributed by atoms with Crippen LogP contribution in [-0.2, 0) is 16.1 Å². The SMILES string of the molecule is CCOC(=O)C1=C(C)N=c2s/c(=C/c3ccc(OCc4ccccc4)c(Br)c3)c(=O)n2C1c1ccccc1. The molecule has 0 radical (unpaired) electrons. The van der Waals surface area contributed by atoms with Gasteiger partial charge in [-0.15, -0.1) is 0 Å². The van der Waals surface area contributed by atoms with Crippen molar-refractivity contribution in [2.45, 2.75) is 26.5 Å². The molecule has 1 aliphatic rings. The standard InChI is InChI=1S/C30H25BrN2O4S/c1-3-36-29(35)26-19(2)32-30-33(27(26)22-12-8-5-9-13-22)28(34)25(38-30)17-21-14-15-24(23(31)16-21)37-18-20-10-6-4-7-11-20/h4-17,27H,3,18H2,1-2H3/b25-17+. The van der Waals surface area contributed by atoms with Crippen LogP contribution in [0, 0.1) is 0 Å². The lowest BCUT2D eigenvalue weighted by molar-refractivity contribution is -0.139. The molecule has 1 aliphatic heterocycles. The molecule has 5 rings (SSSR count). The smallest absolute Gasteiger partial charge is 0.338 e. The number of carbonyl (C=O) groups excluding carboxylic acids is 1. The molecule has 1 atom stereocenters. The van der Waals surface area contributed by atoms with Crippen LogP contribution >= 0.6 is 27.3 Å². The Hall–Kier alpha value is -3.75. The highest BCUT2D eigenvalue weighted by Gasteiger charge is 2.33. The predicted octanol–water partition coefficient (Wildman–Crippen LogP) is 5.14. The van der Waals surface area contributed by atoms with Gasteiger partial charge in [0, 0.05) is 0 Å². The number of carbonyl (C=O) groups is 1. The Morgan fingerprint density at radius 3 is 2.47 bits per heavy atom. The van der Waals surface area contributed by atoms with Crippen LogP contribution < -0.4 is 19.6 Å². The maximum atomic E-state index is 13.7. The van der Waals surface area contributed by atoms with Gasteiger partial charge in [0.25, 0.3) is 5.56 Å². The third-order valence-corrected chi connectivity index (χ3v) is 7.73. The van der Waals surface area contributed by atoms with Gasteiger partial charge in [-0.2, -0.15) is 0 Å². The number of allylic oxidation sites excluding steroid dienone is 1. The van der Waals surface area contributed by atoms with Crippen LogP contribution in [0.2, 0.25) is 0 Å². The molecule has 0 N–H and O–H groups in total. The van der Waals surface area contributed by atoms with Crippen molar-refractivity contribution in [3.05, 3.63) is 131 Å². The first-order chi connectivity index (χ1) is 18.5. The first-order valence-corrected chi connectivity index (χ1v) is 13.8. The second-order valence-electron chi connectivity index (χ2n) is 8.68. The summed E-state index contributed by atoms with van der Waals surface area (Å²) in [5.74, 6) is 0.248. The summed E-state index contributed by atoms with van der Waals surface area (Å²) in [5, 5.41) is 0. The molecule has 1 aromatic heterocycles. The minimum Gasteiger partial charge on any atom is -0.488 e. The number of nitrogens with zero attached hydrogens (tertiary/aromatic N) is 2. The zero-order chi connectivity index (χ0) is 26.6. The minimum atomic E-state index is -0.617. The Morgan fingerprint density at radius 1 is 1.08 bits per heavy atom. The lowest BCUT2D eigenvalue weighted by Crippen LogP contribution is -2.39. The minimum absolute atomic E-state index is 0.211. The molecular weight excluding hydrogens is 564 g/mol. The van der Waals surface area contributed by atoms with E-state index in [1.807, 2.05) is 84.9 Å². The fourth-order valence-electron chi connectivity index (χ4n) is 4.35. The van der Waals surface area contributed by atoms with Crippen molar-refractivity contribution in [1.82, 2.24) is 4.57 Å². The van der Waals surface area contributed by atoms with Gasteiger partial charge in [0.1, 0.15) is 12.4 Å². The van der Waals surface area contributed by atoms with E-state index < -0.39 is 12.0 Å². The van der Waals surface area contributed by atoms with E-state index in [0.717, 1.165) is 21.2 Å². The summed E-state index contributed by atoms with van der Waals surface area (Å²) in [5.41, 5.74) is 3.45. The van der Waals surface area contributed by atoms with Gasteiger partial charge in [0.15, 0.2) is 4.80 Å². The number of aromatic nitrogens is 1. The molecule has 38 heavy (non-hydrogen) atoms. The van der Waals surface area contributed by atoms with Gasteiger partial charge < -0.3 is 9.47 Å². The zero-order valence-corrected chi connectivity index (χ0v) is 23.3. The highest BCUT2D eigenvalue weighted by Crippen LogP contribution is 2.31. The molecule has 6 nitrogen and oxygen atoms in total. The van der Waals surface area contributed by atoms with Crippen molar-refractivity contribution in [2.24, 2.45) is 4.99 Å². The lowest BCUT2D eigenvalue weighted by atomic mass is 9.96. The molecule has 2 heterocycles. The van der Waals surface area contributed by atoms with Gasteiger partial charge in [-0.1, -0.05) is 78.1 Å². The van der Waals surface area contributed by atoms with Crippen molar-refractivity contribution < 1.29 is 14.3 Å². The first-order valence-electron chi connectivity index (χ1n) is 12.2. The van der Waals surface area contributed by atoms with E-state index in [-0.39, 0.29) is 12.2 Å². The van der Waals surface area contributed by atoms with E-state index in [4.69, 9.17) is 9.47 Å². The molecule has 1 unspecified atom stereocenters. The molecule has 0 amide bonds. The highest BCUT2D eigenvalue weighted by atomic mass is 79.9. The molecule has 0 bridgehead atoms. The van der Waals surface area contributed by atoms with Crippen LogP contribution in [0.4, 0.5) is 0 Å². The maximum absolute atomic E-state index is 13.7. The zero-order valence-electron chi connectivity index (χ0n) is 20.9. The second kappa shape index (κ2) is 11.3. The summed E-state index contributed by atoms with van der Waals surface area (Å²) >= 11 is 4.89. The quantitative estimate of drug-likeness (QED) is 0.280. The van der Waals surface area contributed by atoms with Gasteiger partial charge in [0.2, 0.25) is 0 Å². The summed E-state index contributed by atoms with van der Waals surface area (Å²) in [6.07, 6.45) is 1.83.